The van der Waals surface area contributed by atoms with Crippen molar-refractivity contribution >= 4 is 62.5 Å². The van der Waals surface area contributed by atoms with E-state index in [-0.39, 0.29) is 16.4 Å². The second-order valence-corrected chi connectivity index (χ2v) is 13.6. The lowest BCUT2D eigenvalue weighted by atomic mass is 10.1. The number of carboxylic acids is 1. The zero-order valence-corrected chi connectivity index (χ0v) is 25.4. The zero-order chi connectivity index (χ0) is 30.4. The third kappa shape index (κ3) is 8.53. The van der Waals surface area contributed by atoms with Crippen molar-refractivity contribution in [3.05, 3.63) is 105 Å². The number of ether oxygens (including phenoxy) is 1. The van der Waals surface area contributed by atoms with Gasteiger partial charge in [0.05, 0.1) is 22.0 Å². The minimum Gasteiger partial charge on any atom is -0.480 e. The summed E-state index contributed by atoms with van der Waals surface area (Å²) in [5.74, 6) is -0.840. The molecule has 0 spiro atoms. The van der Waals surface area contributed by atoms with Gasteiger partial charge >= 0.3 is 5.97 Å². The highest BCUT2D eigenvalue weighted by Gasteiger charge is 2.25. The molecule has 0 aliphatic heterocycles. The zero-order valence-electron chi connectivity index (χ0n) is 23.0. The maximum atomic E-state index is 13.2. The third-order valence-electron chi connectivity index (χ3n) is 6.80. The molecule has 0 unspecified atom stereocenters. The summed E-state index contributed by atoms with van der Waals surface area (Å²) in [4.78, 5) is 29.2. The Morgan fingerprint density at radius 2 is 1.86 bits per heavy atom. The third-order valence-corrected chi connectivity index (χ3v) is 9.69. The number of rotatable bonds is 13. The number of carboxylic acid groups (broad SMARTS) is 1. The van der Waals surface area contributed by atoms with Gasteiger partial charge in [0.25, 0.3) is 5.91 Å². The molecule has 43 heavy (non-hydrogen) atoms. The number of benzene rings is 3. The fourth-order valence-corrected chi connectivity index (χ4v) is 6.64. The number of carbonyl (C=O) groups excluding carboxylic acids is 1. The average molecular weight is 637 g/mol. The lowest BCUT2D eigenvalue weighted by Gasteiger charge is -2.14. The first-order valence-corrected chi connectivity index (χ1v) is 16.6. The van der Waals surface area contributed by atoms with Crippen molar-refractivity contribution in [3.63, 3.8) is 0 Å². The number of carbonyl (C=O) groups is 2. The average Bonchev–Trinajstić information content (AvgIpc) is 3.73. The Bertz CT molecular complexity index is 1760. The molecule has 11 heteroatoms. The van der Waals surface area contributed by atoms with Gasteiger partial charge < -0.3 is 15.2 Å². The lowest BCUT2D eigenvalue weighted by molar-refractivity contribution is -0.139. The van der Waals surface area contributed by atoms with Gasteiger partial charge in [0, 0.05) is 21.9 Å². The maximum absolute atomic E-state index is 13.2. The molecular weight excluding hydrogens is 608 g/mol. The molecular formula is C32H29ClN2O6S2. The van der Waals surface area contributed by atoms with Crippen molar-refractivity contribution in [1.82, 2.24) is 4.98 Å². The number of aromatic nitrogens is 1. The van der Waals surface area contributed by atoms with Crippen LogP contribution in [0.25, 0.3) is 12.2 Å². The SMILES string of the molecule is O=C(O)COc1ccc(CCCS(=O)(=O)c2ccc(Cl)cc2)cc1NC(=O)c1cccc(/C=C/c2nc(C3CC3)cs2)c1. The van der Waals surface area contributed by atoms with Gasteiger partial charge in [0.2, 0.25) is 0 Å². The van der Waals surface area contributed by atoms with Crippen LogP contribution in [0.1, 0.15) is 57.4 Å². The normalized spacial score (nSPS) is 13.2. The quantitative estimate of drug-likeness (QED) is 0.162. The van der Waals surface area contributed by atoms with Gasteiger partial charge in [0.15, 0.2) is 16.4 Å². The van der Waals surface area contributed by atoms with E-state index in [9.17, 15) is 18.0 Å². The van der Waals surface area contributed by atoms with Gasteiger partial charge in [-0.2, -0.15) is 0 Å². The molecule has 222 valence electrons. The van der Waals surface area contributed by atoms with E-state index < -0.39 is 28.3 Å². The van der Waals surface area contributed by atoms with Gasteiger partial charge in [-0.05, 0) is 91.4 Å². The van der Waals surface area contributed by atoms with Crippen molar-refractivity contribution < 1.29 is 27.9 Å². The van der Waals surface area contributed by atoms with Gasteiger partial charge in [-0.25, -0.2) is 18.2 Å². The molecule has 0 atom stereocenters. The van der Waals surface area contributed by atoms with E-state index in [1.807, 2.05) is 18.2 Å². The van der Waals surface area contributed by atoms with Crippen LogP contribution in [-0.4, -0.2) is 42.7 Å². The molecule has 1 heterocycles. The maximum Gasteiger partial charge on any atom is 0.341 e. The highest BCUT2D eigenvalue weighted by atomic mass is 35.5. The van der Waals surface area contributed by atoms with E-state index >= 15 is 0 Å². The van der Waals surface area contributed by atoms with E-state index in [4.69, 9.17) is 21.4 Å². The van der Waals surface area contributed by atoms with E-state index in [0.717, 1.165) is 21.8 Å². The molecule has 3 aromatic carbocycles. The van der Waals surface area contributed by atoms with Crippen molar-refractivity contribution in [3.8, 4) is 5.75 Å². The highest BCUT2D eigenvalue weighted by molar-refractivity contribution is 7.91. The number of aryl methyl sites for hydroxylation is 1. The van der Waals surface area contributed by atoms with Crippen LogP contribution < -0.4 is 10.1 Å². The summed E-state index contributed by atoms with van der Waals surface area (Å²) in [7, 11) is -3.49. The first-order valence-electron chi connectivity index (χ1n) is 13.7. The van der Waals surface area contributed by atoms with Crippen LogP contribution >= 0.6 is 22.9 Å². The Balaban J connectivity index is 1.27. The van der Waals surface area contributed by atoms with Crippen molar-refractivity contribution in [2.75, 3.05) is 17.7 Å². The van der Waals surface area contributed by atoms with Crippen LogP contribution in [0, 0.1) is 0 Å². The standard InChI is InChI=1S/C32H29ClN2O6S2/c33-25-10-12-26(13-11-25)43(39,40)16-2-4-22-6-14-29(41-19-31(36)37)27(18-22)35-32(38)24-5-1-3-21(17-24)7-15-30-34-28(20-42-30)23-8-9-23/h1,3,5-7,10-15,17-18,20,23H,2,4,8-9,16,19H2,(H,35,38)(H,36,37)/b15-7+. The molecule has 2 N–H and O–H groups in total. The van der Waals surface area contributed by atoms with E-state index in [1.165, 1.54) is 37.1 Å². The van der Waals surface area contributed by atoms with Crippen LogP contribution in [0.15, 0.2) is 77.0 Å². The second-order valence-electron chi connectivity index (χ2n) is 10.2. The summed E-state index contributed by atoms with van der Waals surface area (Å²) in [6.45, 7) is -0.582. The highest BCUT2D eigenvalue weighted by Crippen LogP contribution is 2.40. The second kappa shape index (κ2) is 13.5. The van der Waals surface area contributed by atoms with Crippen LogP contribution in [-0.2, 0) is 21.1 Å². The first kappa shape index (κ1) is 30.5. The summed E-state index contributed by atoms with van der Waals surface area (Å²) in [5.41, 5.74) is 3.43. The Labute approximate surface area is 258 Å². The molecule has 4 aromatic rings. The fourth-order valence-electron chi connectivity index (χ4n) is 4.41. The summed E-state index contributed by atoms with van der Waals surface area (Å²) in [5, 5.41) is 15.4. The van der Waals surface area contributed by atoms with Crippen molar-refractivity contribution in [2.24, 2.45) is 0 Å². The summed E-state index contributed by atoms with van der Waals surface area (Å²) in [6.07, 6.45) is 6.98. The van der Waals surface area contributed by atoms with Gasteiger partial charge in [-0.3, -0.25) is 4.79 Å². The number of anilines is 1. The Morgan fingerprint density at radius 3 is 2.60 bits per heavy atom. The molecule has 5 rings (SSSR count). The molecule has 8 nitrogen and oxygen atoms in total. The number of aliphatic carboxylic acids is 1. The Hall–Kier alpha value is -3.99. The minimum atomic E-state index is -3.49. The molecule has 1 saturated carbocycles. The Morgan fingerprint density at radius 1 is 1.07 bits per heavy atom. The fraction of sp³-hybridized carbons (Fsp3) is 0.219. The monoisotopic (exact) mass is 636 g/mol. The van der Waals surface area contributed by atoms with Crippen molar-refractivity contribution in [1.29, 1.82) is 0 Å². The van der Waals surface area contributed by atoms with Gasteiger partial charge in [-0.15, -0.1) is 11.3 Å². The molecule has 1 aliphatic rings. The molecule has 0 radical (unpaired) electrons. The number of amides is 1. The molecule has 0 saturated heterocycles. The molecule has 1 fully saturated rings. The molecule has 1 aromatic heterocycles. The number of nitrogens with zero attached hydrogens (tertiary/aromatic N) is 1. The lowest BCUT2D eigenvalue weighted by Crippen LogP contribution is -2.15. The van der Waals surface area contributed by atoms with Crippen LogP contribution in [0.3, 0.4) is 0 Å². The number of thiazole rings is 1. The predicted molar refractivity (Wildman–Crippen MR) is 169 cm³/mol. The number of hydrogen-bond acceptors (Lipinski definition) is 7. The summed E-state index contributed by atoms with van der Waals surface area (Å²) >= 11 is 7.47. The predicted octanol–water partition coefficient (Wildman–Crippen LogP) is 6.97. The largest absolute Gasteiger partial charge is 0.480 e. The minimum absolute atomic E-state index is 0.0726. The number of hydrogen-bond donors (Lipinski definition) is 2. The van der Waals surface area contributed by atoms with Crippen molar-refractivity contribution in [2.45, 2.75) is 36.5 Å². The first-order chi connectivity index (χ1) is 20.7. The molecule has 1 aliphatic carbocycles. The van der Waals surface area contributed by atoms with Gasteiger partial charge in [0.1, 0.15) is 10.8 Å². The Kier molecular flexibility index (Phi) is 9.59. The van der Waals surface area contributed by atoms with Crippen LogP contribution in [0.5, 0.6) is 5.75 Å². The van der Waals surface area contributed by atoms with Gasteiger partial charge in [-0.1, -0.05) is 35.9 Å². The number of sulfone groups is 1. The van der Waals surface area contributed by atoms with E-state index in [0.29, 0.717) is 35.0 Å². The number of halogens is 1. The summed E-state index contributed by atoms with van der Waals surface area (Å²) < 4.78 is 30.8. The van der Waals surface area contributed by atoms with Crippen LogP contribution in [0.4, 0.5) is 5.69 Å². The number of nitrogens with one attached hydrogen (secondary N) is 1. The summed E-state index contributed by atoms with van der Waals surface area (Å²) in [6, 6.07) is 18.1. The smallest absolute Gasteiger partial charge is 0.341 e. The topological polar surface area (TPSA) is 123 Å². The van der Waals surface area contributed by atoms with Crippen LogP contribution in [0.2, 0.25) is 5.02 Å². The van der Waals surface area contributed by atoms with E-state index in [2.05, 4.69) is 15.7 Å². The molecule has 0 bridgehead atoms. The molecule has 1 amide bonds. The van der Waals surface area contributed by atoms with E-state index in [1.54, 1.807) is 47.7 Å².